The van der Waals surface area contributed by atoms with Crippen molar-refractivity contribution in [1.82, 2.24) is 0 Å². The predicted molar refractivity (Wildman–Crippen MR) is 70.3 cm³/mol. The zero-order valence-electron chi connectivity index (χ0n) is 10.6. The number of benzene rings is 1. The number of fused-ring (bicyclic) bond motifs is 1. The van der Waals surface area contributed by atoms with E-state index < -0.39 is 6.04 Å². The molecule has 17 heavy (non-hydrogen) atoms. The van der Waals surface area contributed by atoms with Crippen LogP contribution in [0.15, 0.2) is 18.2 Å². The number of rotatable bonds is 3. The number of nitrogens with zero attached hydrogens (tertiary/aromatic N) is 2. The van der Waals surface area contributed by atoms with Crippen molar-refractivity contribution in [3.8, 4) is 0 Å². The number of amides is 1. The quantitative estimate of drug-likeness (QED) is 0.861. The molecule has 1 aliphatic heterocycles. The summed E-state index contributed by atoms with van der Waals surface area (Å²) in [5.74, 6) is -0.0308. The monoisotopic (exact) mass is 233 g/mol. The average Bonchev–Trinajstić information content (AvgIpc) is 2.56. The fraction of sp³-hybridized carbons (Fsp3) is 0.462. The lowest BCUT2D eigenvalue weighted by molar-refractivity contribution is -0.118. The molecule has 0 spiro atoms. The highest BCUT2D eigenvalue weighted by atomic mass is 16.2. The first kappa shape index (κ1) is 11.9. The number of nitrogens with two attached hydrogens (primary N) is 1. The molecule has 0 saturated carbocycles. The maximum absolute atomic E-state index is 11.8. The summed E-state index contributed by atoms with van der Waals surface area (Å²) >= 11 is 0. The SMILES string of the molecule is CCN(CC)c1ccc2c(c1)N(C)C(=O)C2N. The first-order valence-corrected chi connectivity index (χ1v) is 6.02. The first-order chi connectivity index (χ1) is 8.10. The van der Waals surface area contributed by atoms with Crippen molar-refractivity contribution in [2.45, 2.75) is 19.9 Å². The molecule has 1 heterocycles. The third-order valence-corrected chi connectivity index (χ3v) is 3.44. The highest BCUT2D eigenvalue weighted by molar-refractivity contribution is 6.04. The summed E-state index contributed by atoms with van der Waals surface area (Å²) in [7, 11) is 1.78. The Bertz CT molecular complexity index is 440. The van der Waals surface area contributed by atoms with Gasteiger partial charge in [0.2, 0.25) is 5.91 Å². The van der Waals surface area contributed by atoms with E-state index in [2.05, 4.69) is 18.7 Å². The molecular formula is C13H19N3O. The van der Waals surface area contributed by atoms with Crippen molar-refractivity contribution in [3.05, 3.63) is 23.8 Å². The van der Waals surface area contributed by atoms with Crippen LogP contribution in [0, 0.1) is 0 Å². The van der Waals surface area contributed by atoms with Gasteiger partial charge >= 0.3 is 0 Å². The highest BCUT2D eigenvalue weighted by Gasteiger charge is 2.32. The summed E-state index contributed by atoms with van der Waals surface area (Å²) in [6.45, 7) is 6.16. The molecule has 0 bridgehead atoms. The summed E-state index contributed by atoms with van der Waals surface area (Å²) in [6.07, 6.45) is 0. The molecule has 4 nitrogen and oxygen atoms in total. The number of hydrogen-bond donors (Lipinski definition) is 1. The molecule has 1 aliphatic rings. The van der Waals surface area contributed by atoms with Gasteiger partial charge in [-0.1, -0.05) is 6.07 Å². The number of carbonyl (C=O) groups excluding carboxylic acids is 1. The Morgan fingerprint density at radius 3 is 2.59 bits per heavy atom. The van der Waals surface area contributed by atoms with Gasteiger partial charge in [0.1, 0.15) is 6.04 Å². The van der Waals surface area contributed by atoms with Crippen LogP contribution in [0.25, 0.3) is 0 Å². The Balaban J connectivity index is 2.42. The van der Waals surface area contributed by atoms with Gasteiger partial charge in [-0.3, -0.25) is 4.79 Å². The van der Waals surface area contributed by atoms with Gasteiger partial charge in [-0.25, -0.2) is 0 Å². The van der Waals surface area contributed by atoms with Crippen LogP contribution in [0.3, 0.4) is 0 Å². The maximum Gasteiger partial charge on any atom is 0.248 e. The van der Waals surface area contributed by atoms with E-state index in [-0.39, 0.29) is 5.91 Å². The highest BCUT2D eigenvalue weighted by Crippen LogP contribution is 2.36. The van der Waals surface area contributed by atoms with Gasteiger partial charge in [-0.2, -0.15) is 0 Å². The molecule has 1 aromatic rings. The van der Waals surface area contributed by atoms with Gasteiger partial charge < -0.3 is 15.5 Å². The predicted octanol–water partition coefficient (Wildman–Crippen LogP) is 1.51. The molecule has 0 fully saturated rings. The molecule has 92 valence electrons. The summed E-state index contributed by atoms with van der Waals surface area (Å²) < 4.78 is 0. The molecule has 0 saturated heterocycles. The minimum Gasteiger partial charge on any atom is -0.372 e. The second-order valence-electron chi connectivity index (χ2n) is 4.29. The zero-order chi connectivity index (χ0) is 12.6. The van der Waals surface area contributed by atoms with Crippen molar-refractivity contribution in [2.24, 2.45) is 5.73 Å². The Hall–Kier alpha value is -1.55. The molecule has 4 heteroatoms. The van der Waals surface area contributed by atoms with Crippen molar-refractivity contribution in [1.29, 1.82) is 0 Å². The molecule has 1 aromatic carbocycles. The Labute approximate surface area is 102 Å². The van der Waals surface area contributed by atoms with Gasteiger partial charge in [-0.15, -0.1) is 0 Å². The summed E-state index contributed by atoms with van der Waals surface area (Å²) in [5.41, 5.74) is 8.87. The molecule has 2 N–H and O–H groups in total. The minimum atomic E-state index is -0.499. The van der Waals surface area contributed by atoms with Crippen molar-refractivity contribution in [2.75, 3.05) is 29.9 Å². The van der Waals surface area contributed by atoms with Crippen molar-refractivity contribution >= 4 is 17.3 Å². The molecule has 1 atom stereocenters. The molecule has 1 unspecified atom stereocenters. The summed E-state index contributed by atoms with van der Waals surface area (Å²) in [5, 5.41) is 0. The number of carbonyl (C=O) groups is 1. The van der Waals surface area contributed by atoms with Crippen LogP contribution in [0.5, 0.6) is 0 Å². The normalized spacial score (nSPS) is 18.5. The van der Waals surface area contributed by atoms with E-state index in [1.54, 1.807) is 11.9 Å². The molecular weight excluding hydrogens is 214 g/mol. The van der Waals surface area contributed by atoms with E-state index in [0.717, 1.165) is 30.0 Å². The lowest BCUT2D eigenvalue weighted by atomic mass is 10.1. The fourth-order valence-electron chi connectivity index (χ4n) is 2.33. The van der Waals surface area contributed by atoms with Crippen molar-refractivity contribution in [3.63, 3.8) is 0 Å². The van der Waals surface area contributed by atoms with E-state index in [1.807, 2.05) is 18.2 Å². The molecule has 0 aliphatic carbocycles. The van der Waals surface area contributed by atoms with Gasteiger partial charge in [0.15, 0.2) is 0 Å². The lowest BCUT2D eigenvalue weighted by Crippen LogP contribution is -2.28. The van der Waals surface area contributed by atoms with Crippen LogP contribution in [0.1, 0.15) is 25.5 Å². The standard InChI is InChI=1S/C13H19N3O/c1-4-16(5-2)9-6-7-10-11(8-9)15(3)13(17)12(10)14/h6-8,12H,4-5,14H2,1-3H3. The Kier molecular flexibility index (Phi) is 3.07. The maximum atomic E-state index is 11.8. The van der Waals surface area contributed by atoms with Crippen LogP contribution >= 0.6 is 0 Å². The second-order valence-corrected chi connectivity index (χ2v) is 4.29. The average molecular weight is 233 g/mol. The van der Waals surface area contributed by atoms with E-state index in [0.29, 0.717) is 0 Å². The van der Waals surface area contributed by atoms with E-state index in [9.17, 15) is 4.79 Å². The molecule has 2 rings (SSSR count). The van der Waals surface area contributed by atoms with Crippen LogP contribution < -0.4 is 15.5 Å². The topological polar surface area (TPSA) is 49.6 Å². The van der Waals surface area contributed by atoms with Crippen molar-refractivity contribution < 1.29 is 4.79 Å². The van der Waals surface area contributed by atoms with Gasteiger partial charge in [-0.05, 0) is 26.0 Å². The van der Waals surface area contributed by atoms with Crippen LogP contribution in [0.4, 0.5) is 11.4 Å². The molecule has 0 aromatic heterocycles. The zero-order valence-corrected chi connectivity index (χ0v) is 10.6. The van der Waals surface area contributed by atoms with Gasteiger partial charge in [0.05, 0.1) is 5.69 Å². The smallest absolute Gasteiger partial charge is 0.248 e. The summed E-state index contributed by atoms with van der Waals surface area (Å²) in [6, 6.07) is 5.56. The summed E-state index contributed by atoms with van der Waals surface area (Å²) in [4.78, 5) is 15.7. The second kappa shape index (κ2) is 4.37. The van der Waals surface area contributed by atoms with Crippen LogP contribution in [0.2, 0.25) is 0 Å². The van der Waals surface area contributed by atoms with E-state index in [1.165, 1.54) is 0 Å². The first-order valence-electron chi connectivity index (χ1n) is 6.02. The fourth-order valence-corrected chi connectivity index (χ4v) is 2.33. The number of hydrogen-bond acceptors (Lipinski definition) is 3. The molecule has 1 amide bonds. The van der Waals surface area contributed by atoms with Crippen LogP contribution in [-0.4, -0.2) is 26.0 Å². The Morgan fingerprint density at radius 1 is 1.35 bits per heavy atom. The molecule has 0 radical (unpaired) electrons. The lowest BCUT2D eigenvalue weighted by Gasteiger charge is -2.22. The number of likely N-dealkylation sites (N-methyl/N-ethyl adjacent to an activating group) is 1. The number of anilines is 2. The van der Waals surface area contributed by atoms with Crippen LogP contribution in [-0.2, 0) is 4.79 Å². The minimum absolute atomic E-state index is 0.0308. The Morgan fingerprint density at radius 2 is 2.00 bits per heavy atom. The van der Waals surface area contributed by atoms with E-state index >= 15 is 0 Å². The van der Waals surface area contributed by atoms with Gasteiger partial charge in [0.25, 0.3) is 0 Å². The van der Waals surface area contributed by atoms with Gasteiger partial charge in [0, 0.05) is 31.4 Å². The van der Waals surface area contributed by atoms with E-state index in [4.69, 9.17) is 5.73 Å². The third-order valence-electron chi connectivity index (χ3n) is 3.44. The third kappa shape index (κ3) is 1.78. The largest absolute Gasteiger partial charge is 0.372 e.